The van der Waals surface area contributed by atoms with Crippen LogP contribution in [0.1, 0.15) is 39.0 Å². The molecule has 0 saturated carbocycles. The van der Waals surface area contributed by atoms with Gasteiger partial charge >= 0.3 is 0 Å². The molecule has 1 aromatic carbocycles. The van der Waals surface area contributed by atoms with E-state index in [1.807, 2.05) is 25.1 Å². The van der Waals surface area contributed by atoms with E-state index >= 15 is 0 Å². The number of nitrogens with one attached hydrogen (secondary N) is 1. The van der Waals surface area contributed by atoms with Gasteiger partial charge in [-0.3, -0.25) is 4.79 Å². The smallest absolute Gasteiger partial charge is 0.225 e. The van der Waals surface area contributed by atoms with Crippen molar-refractivity contribution in [2.24, 2.45) is 5.73 Å². The summed E-state index contributed by atoms with van der Waals surface area (Å²) in [5.41, 5.74) is 7.87. The minimum Gasteiger partial charge on any atom is -0.370 e. The van der Waals surface area contributed by atoms with Crippen molar-refractivity contribution in [1.82, 2.24) is 0 Å². The number of para-hydroxylation sites is 2. The summed E-state index contributed by atoms with van der Waals surface area (Å²) in [4.78, 5) is 14.4. The summed E-state index contributed by atoms with van der Waals surface area (Å²) in [7, 11) is 0. The van der Waals surface area contributed by atoms with Gasteiger partial charge in [-0.1, -0.05) is 19.1 Å². The van der Waals surface area contributed by atoms with Gasteiger partial charge in [-0.05, 0) is 37.8 Å². The lowest BCUT2D eigenvalue weighted by Crippen LogP contribution is -2.31. The van der Waals surface area contributed by atoms with Gasteiger partial charge in [-0.2, -0.15) is 0 Å². The van der Waals surface area contributed by atoms with Crippen LogP contribution in [0.15, 0.2) is 24.3 Å². The van der Waals surface area contributed by atoms with E-state index in [1.54, 1.807) is 0 Å². The number of nitrogens with zero attached hydrogens (tertiary/aromatic N) is 1. The van der Waals surface area contributed by atoms with Gasteiger partial charge in [0.15, 0.2) is 0 Å². The Morgan fingerprint density at radius 2 is 2.00 bits per heavy atom. The fourth-order valence-corrected chi connectivity index (χ4v) is 2.57. The van der Waals surface area contributed by atoms with Crippen LogP contribution in [-0.4, -0.2) is 25.0 Å². The molecule has 1 unspecified atom stereocenters. The normalized spacial score (nSPS) is 16.8. The average Bonchev–Trinajstić information content (AvgIpc) is 2.48. The van der Waals surface area contributed by atoms with Crippen molar-refractivity contribution >= 4 is 17.3 Å². The number of benzene rings is 1. The van der Waals surface area contributed by atoms with Gasteiger partial charge in [0, 0.05) is 25.6 Å². The molecule has 2 rings (SSSR count). The zero-order valence-corrected chi connectivity index (χ0v) is 12.3. The highest BCUT2D eigenvalue weighted by atomic mass is 16.1. The van der Waals surface area contributed by atoms with E-state index < -0.39 is 0 Å². The van der Waals surface area contributed by atoms with E-state index in [0.717, 1.165) is 30.9 Å². The topological polar surface area (TPSA) is 58.4 Å². The van der Waals surface area contributed by atoms with Gasteiger partial charge in [0.05, 0.1) is 11.4 Å². The molecule has 0 spiro atoms. The number of carbonyl (C=O) groups excluding carboxylic acids is 1. The Hall–Kier alpha value is -1.55. The molecule has 1 fully saturated rings. The molecule has 4 nitrogen and oxygen atoms in total. The molecule has 0 aromatic heterocycles. The first kappa shape index (κ1) is 14.9. The maximum absolute atomic E-state index is 12.0. The van der Waals surface area contributed by atoms with Crippen LogP contribution in [0.25, 0.3) is 0 Å². The Morgan fingerprint density at radius 1 is 1.30 bits per heavy atom. The number of amides is 1. The standard InChI is InChI=1S/C16H25N3O/c1-2-13(17)12-16(20)18-14-8-4-5-9-15(14)19-10-6-3-7-11-19/h4-5,8-9,13H,2-3,6-7,10-12,17H2,1H3,(H,18,20). The van der Waals surface area contributed by atoms with Gasteiger partial charge in [-0.25, -0.2) is 0 Å². The number of piperidine rings is 1. The Kier molecular flexibility index (Phi) is 5.41. The molecule has 1 aliphatic heterocycles. The molecule has 110 valence electrons. The fraction of sp³-hybridized carbons (Fsp3) is 0.562. The summed E-state index contributed by atoms with van der Waals surface area (Å²) in [6.07, 6.45) is 4.95. The SMILES string of the molecule is CCC(N)CC(=O)Nc1ccccc1N1CCCCC1. The highest BCUT2D eigenvalue weighted by Gasteiger charge is 2.16. The van der Waals surface area contributed by atoms with Gasteiger partial charge in [0.2, 0.25) is 5.91 Å². The second-order valence-corrected chi connectivity index (χ2v) is 5.49. The third-order valence-corrected chi connectivity index (χ3v) is 3.85. The Bertz CT molecular complexity index is 441. The highest BCUT2D eigenvalue weighted by Crippen LogP contribution is 2.28. The van der Waals surface area contributed by atoms with Gasteiger partial charge in [0.1, 0.15) is 0 Å². The molecule has 0 bridgehead atoms. The van der Waals surface area contributed by atoms with Crippen LogP contribution in [0, 0.1) is 0 Å². The maximum Gasteiger partial charge on any atom is 0.225 e. The Balaban J connectivity index is 2.05. The lowest BCUT2D eigenvalue weighted by molar-refractivity contribution is -0.116. The number of hydrogen-bond acceptors (Lipinski definition) is 3. The van der Waals surface area contributed by atoms with Crippen molar-refractivity contribution in [2.45, 2.75) is 45.1 Å². The van der Waals surface area contributed by atoms with E-state index in [0.29, 0.717) is 6.42 Å². The average molecular weight is 275 g/mol. The molecule has 1 atom stereocenters. The number of carbonyl (C=O) groups is 1. The quantitative estimate of drug-likeness (QED) is 0.868. The van der Waals surface area contributed by atoms with Crippen LogP contribution in [0.5, 0.6) is 0 Å². The lowest BCUT2D eigenvalue weighted by Gasteiger charge is -2.30. The van der Waals surface area contributed by atoms with Gasteiger partial charge in [0.25, 0.3) is 0 Å². The first-order valence-corrected chi connectivity index (χ1v) is 7.60. The van der Waals surface area contributed by atoms with Crippen LogP contribution >= 0.6 is 0 Å². The largest absolute Gasteiger partial charge is 0.370 e. The first-order chi connectivity index (χ1) is 9.70. The van der Waals surface area contributed by atoms with Crippen LogP contribution < -0.4 is 16.0 Å². The predicted molar refractivity (Wildman–Crippen MR) is 84.0 cm³/mol. The van der Waals surface area contributed by atoms with E-state index in [-0.39, 0.29) is 11.9 Å². The first-order valence-electron chi connectivity index (χ1n) is 7.60. The van der Waals surface area contributed by atoms with Crippen molar-refractivity contribution in [2.75, 3.05) is 23.3 Å². The highest BCUT2D eigenvalue weighted by molar-refractivity contribution is 5.94. The van der Waals surface area contributed by atoms with Gasteiger partial charge < -0.3 is 16.0 Å². The second kappa shape index (κ2) is 7.29. The fourth-order valence-electron chi connectivity index (χ4n) is 2.57. The molecule has 3 N–H and O–H groups in total. The third kappa shape index (κ3) is 3.97. The van der Waals surface area contributed by atoms with Crippen molar-refractivity contribution in [1.29, 1.82) is 0 Å². The van der Waals surface area contributed by atoms with Crippen LogP contribution in [0.4, 0.5) is 11.4 Å². The van der Waals surface area contributed by atoms with Crippen molar-refractivity contribution in [3.8, 4) is 0 Å². The Morgan fingerprint density at radius 3 is 2.70 bits per heavy atom. The molecular formula is C16H25N3O. The third-order valence-electron chi connectivity index (χ3n) is 3.85. The minimum absolute atomic E-state index is 0.00353. The summed E-state index contributed by atoms with van der Waals surface area (Å²) >= 11 is 0. The zero-order chi connectivity index (χ0) is 14.4. The summed E-state index contributed by atoms with van der Waals surface area (Å²) in [6.45, 7) is 4.14. The summed E-state index contributed by atoms with van der Waals surface area (Å²) in [5.74, 6) is 0.00353. The summed E-state index contributed by atoms with van der Waals surface area (Å²) in [6, 6.07) is 7.98. The lowest BCUT2D eigenvalue weighted by atomic mass is 10.1. The van der Waals surface area contributed by atoms with Crippen molar-refractivity contribution < 1.29 is 4.79 Å². The number of anilines is 2. The van der Waals surface area contributed by atoms with Crippen LogP contribution in [0.2, 0.25) is 0 Å². The minimum atomic E-state index is -0.0582. The molecule has 0 radical (unpaired) electrons. The summed E-state index contributed by atoms with van der Waals surface area (Å²) < 4.78 is 0. The van der Waals surface area contributed by atoms with Crippen molar-refractivity contribution in [3.05, 3.63) is 24.3 Å². The van der Waals surface area contributed by atoms with E-state index in [1.165, 1.54) is 19.3 Å². The van der Waals surface area contributed by atoms with E-state index in [9.17, 15) is 4.79 Å². The molecule has 1 aromatic rings. The Labute approximate surface area is 121 Å². The molecule has 4 heteroatoms. The molecule has 0 aliphatic carbocycles. The monoisotopic (exact) mass is 275 g/mol. The maximum atomic E-state index is 12.0. The summed E-state index contributed by atoms with van der Waals surface area (Å²) in [5, 5.41) is 3.01. The second-order valence-electron chi connectivity index (χ2n) is 5.49. The van der Waals surface area contributed by atoms with Crippen LogP contribution in [-0.2, 0) is 4.79 Å². The molecule has 20 heavy (non-hydrogen) atoms. The van der Waals surface area contributed by atoms with E-state index in [2.05, 4.69) is 16.3 Å². The number of hydrogen-bond donors (Lipinski definition) is 2. The van der Waals surface area contributed by atoms with Gasteiger partial charge in [-0.15, -0.1) is 0 Å². The number of rotatable bonds is 5. The molecule has 1 amide bonds. The van der Waals surface area contributed by atoms with Crippen LogP contribution in [0.3, 0.4) is 0 Å². The molecule has 1 heterocycles. The molecular weight excluding hydrogens is 250 g/mol. The van der Waals surface area contributed by atoms with Crippen molar-refractivity contribution in [3.63, 3.8) is 0 Å². The molecule has 1 aliphatic rings. The predicted octanol–water partition coefficient (Wildman–Crippen LogP) is 2.74. The zero-order valence-electron chi connectivity index (χ0n) is 12.3. The molecule has 1 saturated heterocycles. The van der Waals surface area contributed by atoms with E-state index in [4.69, 9.17) is 5.73 Å². The number of nitrogens with two attached hydrogens (primary N) is 1.